The maximum Gasteiger partial charge on any atom is 0.265 e. The fourth-order valence-electron chi connectivity index (χ4n) is 2.88. The molecule has 1 unspecified atom stereocenters. The van der Waals surface area contributed by atoms with Crippen molar-refractivity contribution in [2.45, 2.75) is 31.8 Å². The van der Waals surface area contributed by atoms with Crippen LogP contribution in [0.25, 0.3) is 0 Å². The van der Waals surface area contributed by atoms with Gasteiger partial charge in [0.05, 0.1) is 4.90 Å². The number of hydrogen-bond acceptors (Lipinski definition) is 4. The average molecular weight is 429 g/mol. The molecule has 0 bridgehead atoms. The normalized spacial score (nSPS) is 12.3. The first kappa shape index (κ1) is 23.4. The lowest BCUT2D eigenvalue weighted by Crippen LogP contribution is -2.31. The molecule has 6 nitrogen and oxygen atoms in total. The van der Waals surface area contributed by atoms with Crippen LogP contribution in [0, 0.1) is 13.8 Å². The summed E-state index contributed by atoms with van der Waals surface area (Å²) >= 11 is 0. The fourth-order valence-corrected chi connectivity index (χ4v) is 4.26. The van der Waals surface area contributed by atoms with Crippen LogP contribution in [0.5, 0.6) is 5.75 Å². The van der Waals surface area contributed by atoms with E-state index in [0.29, 0.717) is 11.4 Å². The van der Waals surface area contributed by atoms with E-state index in [1.54, 1.807) is 19.1 Å². The standard InChI is InChI=1S/C23H28N2O4S/c1-6-15-25(16-7-2)30(27,28)21-13-11-20(12-14-21)24-23(26)19(5)29-22-17(3)9-8-10-18(22)4/h6-14,19H,1-2,15-16H2,3-5H3,(H,24,26). The number of para-hydroxylation sites is 1. The Morgan fingerprint density at radius 2 is 1.60 bits per heavy atom. The summed E-state index contributed by atoms with van der Waals surface area (Å²) in [6.45, 7) is 13.1. The molecule has 0 aliphatic rings. The Morgan fingerprint density at radius 3 is 2.10 bits per heavy atom. The van der Waals surface area contributed by atoms with Crippen molar-refractivity contribution < 1.29 is 17.9 Å². The zero-order valence-corrected chi connectivity index (χ0v) is 18.4. The van der Waals surface area contributed by atoms with E-state index < -0.39 is 16.1 Å². The molecular formula is C23H28N2O4S. The van der Waals surface area contributed by atoms with E-state index in [1.807, 2.05) is 32.0 Å². The quantitative estimate of drug-likeness (QED) is 0.579. The first-order chi connectivity index (χ1) is 14.2. The molecule has 1 amide bonds. The molecule has 0 radical (unpaired) electrons. The van der Waals surface area contributed by atoms with Gasteiger partial charge < -0.3 is 10.1 Å². The summed E-state index contributed by atoms with van der Waals surface area (Å²) in [6.07, 6.45) is 2.32. The molecule has 0 aromatic heterocycles. The number of carbonyl (C=O) groups excluding carboxylic acids is 1. The Labute approximate surface area is 178 Å². The number of rotatable bonds is 10. The first-order valence-electron chi connectivity index (χ1n) is 9.56. The van der Waals surface area contributed by atoms with Crippen molar-refractivity contribution in [1.82, 2.24) is 4.31 Å². The van der Waals surface area contributed by atoms with Crippen molar-refractivity contribution in [3.8, 4) is 5.75 Å². The van der Waals surface area contributed by atoms with Crippen molar-refractivity contribution in [1.29, 1.82) is 0 Å². The molecule has 0 aliphatic heterocycles. The van der Waals surface area contributed by atoms with E-state index in [4.69, 9.17) is 4.74 Å². The molecule has 0 heterocycles. The largest absolute Gasteiger partial charge is 0.480 e. The van der Waals surface area contributed by atoms with Gasteiger partial charge in [-0.1, -0.05) is 30.4 Å². The second-order valence-electron chi connectivity index (χ2n) is 6.89. The predicted octanol–water partition coefficient (Wildman–Crippen LogP) is 4.07. The third-order valence-corrected chi connectivity index (χ3v) is 6.34. The maximum absolute atomic E-state index is 12.7. The van der Waals surface area contributed by atoms with Gasteiger partial charge in [-0.25, -0.2) is 8.42 Å². The molecule has 1 N–H and O–H groups in total. The summed E-state index contributed by atoms with van der Waals surface area (Å²) in [7, 11) is -3.68. The predicted molar refractivity (Wildman–Crippen MR) is 120 cm³/mol. The van der Waals surface area contributed by atoms with Crippen molar-refractivity contribution in [3.05, 3.63) is 78.9 Å². The minimum Gasteiger partial charge on any atom is -0.480 e. The molecule has 0 fully saturated rings. The number of sulfonamides is 1. The number of amides is 1. The SMILES string of the molecule is C=CCN(CC=C)S(=O)(=O)c1ccc(NC(=O)C(C)Oc2c(C)cccc2C)cc1. The lowest BCUT2D eigenvalue weighted by molar-refractivity contribution is -0.122. The number of benzene rings is 2. The van der Waals surface area contributed by atoms with Crippen LogP contribution in [-0.2, 0) is 14.8 Å². The van der Waals surface area contributed by atoms with Crippen LogP contribution in [0.4, 0.5) is 5.69 Å². The molecular weight excluding hydrogens is 400 g/mol. The van der Waals surface area contributed by atoms with Gasteiger partial charge in [0.15, 0.2) is 6.10 Å². The summed E-state index contributed by atoms with van der Waals surface area (Å²) in [5.41, 5.74) is 2.38. The highest BCUT2D eigenvalue weighted by molar-refractivity contribution is 7.89. The molecule has 7 heteroatoms. The van der Waals surface area contributed by atoms with Crippen molar-refractivity contribution in [2.75, 3.05) is 18.4 Å². The van der Waals surface area contributed by atoms with Crippen molar-refractivity contribution in [3.63, 3.8) is 0 Å². The van der Waals surface area contributed by atoms with Crippen LogP contribution in [0.2, 0.25) is 0 Å². The third kappa shape index (κ3) is 5.58. The van der Waals surface area contributed by atoms with Gasteiger partial charge >= 0.3 is 0 Å². The van der Waals surface area contributed by atoms with Crippen molar-refractivity contribution in [2.24, 2.45) is 0 Å². The fraction of sp³-hybridized carbons (Fsp3) is 0.261. The van der Waals surface area contributed by atoms with E-state index in [0.717, 1.165) is 11.1 Å². The van der Waals surface area contributed by atoms with Crippen LogP contribution < -0.4 is 10.1 Å². The van der Waals surface area contributed by atoms with Gasteiger partial charge in [-0.3, -0.25) is 4.79 Å². The molecule has 30 heavy (non-hydrogen) atoms. The van der Waals surface area contributed by atoms with Gasteiger partial charge in [0.1, 0.15) is 5.75 Å². The van der Waals surface area contributed by atoms with Gasteiger partial charge in [0.2, 0.25) is 10.0 Å². The number of anilines is 1. The average Bonchev–Trinajstić information content (AvgIpc) is 2.71. The molecule has 0 spiro atoms. The highest BCUT2D eigenvalue weighted by Crippen LogP contribution is 2.24. The van der Waals surface area contributed by atoms with E-state index in [-0.39, 0.29) is 23.9 Å². The monoisotopic (exact) mass is 428 g/mol. The van der Waals surface area contributed by atoms with Crippen LogP contribution in [-0.4, -0.2) is 37.8 Å². The lowest BCUT2D eigenvalue weighted by atomic mass is 10.1. The smallest absolute Gasteiger partial charge is 0.265 e. The van der Waals surface area contributed by atoms with Crippen LogP contribution in [0.3, 0.4) is 0 Å². The zero-order valence-electron chi connectivity index (χ0n) is 17.6. The Hall–Kier alpha value is -2.90. The molecule has 2 rings (SSSR count). The Balaban J connectivity index is 2.10. The van der Waals surface area contributed by atoms with E-state index >= 15 is 0 Å². The summed E-state index contributed by atoms with van der Waals surface area (Å²) in [5, 5.41) is 2.75. The van der Waals surface area contributed by atoms with Gasteiger partial charge in [0, 0.05) is 18.8 Å². The first-order valence-corrected chi connectivity index (χ1v) is 11.0. The Morgan fingerprint density at radius 1 is 1.07 bits per heavy atom. The molecule has 1 atom stereocenters. The maximum atomic E-state index is 12.7. The number of nitrogens with one attached hydrogen (secondary N) is 1. The minimum absolute atomic E-state index is 0.129. The highest BCUT2D eigenvalue weighted by Gasteiger charge is 2.23. The van der Waals surface area contributed by atoms with Gasteiger partial charge in [-0.05, 0) is 56.2 Å². The number of carbonyl (C=O) groups is 1. The second-order valence-corrected chi connectivity index (χ2v) is 8.83. The van der Waals surface area contributed by atoms with Gasteiger partial charge in [-0.15, -0.1) is 13.2 Å². The van der Waals surface area contributed by atoms with Crippen molar-refractivity contribution >= 4 is 21.6 Å². The Bertz CT molecular complexity index is 984. The van der Waals surface area contributed by atoms with Crippen LogP contribution >= 0.6 is 0 Å². The highest BCUT2D eigenvalue weighted by atomic mass is 32.2. The second kappa shape index (κ2) is 10.2. The van der Waals surface area contributed by atoms with E-state index in [9.17, 15) is 13.2 Å². The molecule has 2 aromatic carbocycles. The summed E-state index contributed by atoms with van der Waals surface area (Å²) < 4.78 is 32.6. The zero-order chi connectivity index (χ0) is 22.3. The summed E-state index contributed by atoms with van der Waals surface area (Å²) in [5.74, 6) is 0.360. The summed E-state index contributed by atoms with van der Waals surface area (Å²) in [4.78, 5) is 12.6. The number of nitrogens with zero attached hydrogens (tertiary/aromatic N) is 1. The van der Waals surface area contributed by atoms with Gasteiger partial charge in [-0.2, -0.15) is 4.31 Å². The van der Waals surface area contributed by atoms with Gasteiger partial charge in [0.25, 0.3) is 5.91 Å². The molecule has 160 valence electrons. The third-order valence-electron chi connectivity index (χ3n) is 4.50. The lowest BCUT2D eigenvalue weighted by Gasteiger charge is -2.20. The molecule has 0 saturated heterocycles. The Kier molecular flexibility index (Phi) is 7.97. The van der Waals surface area contributed by atoms with Crippen LogP contribution in [0.1, 0.15) is 18.1 Å². The topological polar surface area (TPSA) is 75.7 Å². The van der Waals surface area contributed by atoms with Crippen LogP contribution in [0.15, 0.2) is 72.7 Å². The van der Waals surface area contributed by atoms with E-state index in [1.165, 1.54) is 28.6 Å². The minimum atomic E-state index is -3.68. The number of hydrogen-bond donors (Lipinski definition) is 1. The van der Waals surface area contributed by atoms with E-state index in [2.05, 4.69) is 18.5 Å². The molecule has 2 aromatic rings. The molecule has 0 saturated carbocycles. The summed E-state index contributed by atoms with van der Waals surface area (Å²) in [6, 6.07) is 11.8. The number of aryl methyl sites for hydroxylation is 2. The molecule has 0 aliphatic carbocycles. The number of ether oxygens (including phenoxy) is 1.